The van der Waals surface area contributed by atoms with E-state index in [-0.39, 0.29) is 18.4 Å². The SMILES string of the molecule is Cc1cc(C(=O)N2CCC(CO)C2)n(C)n1. The number of amides is 1. The van der Waals surface area contributed by atoms with Gasteiger partial charge in [-0.3, -0.25) is 9.48 Å². The molecule has 1 saturated heterocycles. The van der Waals surface area contributed by atoms with E-state index in [1.54, 1.807) is 22.7 Å². The first-order valence-electron chi connectivity index (χ1n) is 5.52. The highest BCUT2D eigenvalue weighted by atomic mass is 16.3. The molecular weight excluding hydrogens is 206 g/mol. The molecular formula is C11H17N3O2. The average molecular weight is 223 g/mol. The lowest BCUT2D eigenvalue weighted by molar-refractivity contribution is 0.0771. The van der Waals surface area contributed by atoms with Crippen LogP contribution in [-0.4, -0.2) is 45.4 Å². The van der Waals surface area contributed by atoms with Crippen LogP contribution in [0.5, 0.6) is 0 Å². The van der Waals surface area contributed by atoms with Crippen molar-refractivity contribution in [3.63, 3.8) is 0 Å². The van der Waals surface area contributed by atoms with E-state index in [9.17, 15) is 4.79 Å². The minimum atomic E-state index is 0.0130. The third-order valence-corrected chi connectivity index (χ3v) is 3.05. The summed E-state index contributed by atoms with van der Waals surface area (Å²) in [5, 5.41) is 13.2. The molecule has 1 atom stereocenters. The minimum absolute atomic E-state index is 0.0130. The maximum Gasteiger partial charge on any atom is 0.272 e. The Balaban J connectivity index is 2.11. The summed E-state index contributed by atoms with van der Waals surface area (Å²) in [4.78, 5) is 13.9. The van der Waals surface area contributed by atoms with Gasteiger partial charge in [0.25, 0.3) is 5.91 Å². The van der Waals surface area contributed by atoms with E-state index >= 15 is 0 Å². The summed E-state index contributed by atoms with van der Waals surface area (Å²) in [5.41, 5.74) is 1.47. The van der Waals surface area contributed by atoms with Crippen LogP contribution in [0.2, 0.25) is 0 Å². The van der Waals surface area contributed by atoms with Gasteiger partial charge in [0.2, 0.25) is 0 Å². The normalized spacial score (nSPS) is 20.4. The highest BCUT2D eigenvalue weighted by molar-refractivity contribution is 5.92. The molecule has 16 heavy (non-hydrogen) atoms. The summed E-state index contributed by atoms with van der Waals surface area (Å²) < 4.78 is 1.62. The van der Waals surface area contributed by atoms with Crippen molar-refractivity contribution >= 4 is 5.91 Å². The first-order valence-corrected chi connectivity index (χ1v) is 5.52. The van der Waals surface area contributed by atoms with Gasteiger partial charge in [-0.05, 0) is 19.4 Å². The van der Waals surface area contributed by atoms with Crippen LogP contribution in [0.1, 0.15) is 22.6 Å². The lowest BCUT2D eigenvalue weighted by Crippen LogP contribution is -2.30. The van der Waals surface area contributed by atoms with E-state index in [1.807, 2.05) is 6.92 Å². The van der Waals surface area contributed by atoms with Crippen LogP contribution in [0.15, 0.2) is 6.07 Å². The molecule has 1 aliphatic rings. The smallest absolute Gasteiger partial charge is 0.272 e. The lowest BCUT2D eigenvalue weighted by Gasteiger charge is -2.15. The zero-order chi connectivity index (χ0) is 11.7. The van der Waals surface area contributed by atoms with Crippen LogP contribution in [0.4, 0.5) is 0 Å². The Labute approximate surface area is 94.7 Å². The van der Waals surface area contributed by atoms with E-state index in [0.29, 0.717) is 12.2 Å². The highest BCUT2D eigenvalue weighted by Gasteiger charge is 2.27. The fraction of sp³-hybridized carbons (Fsp3) is 0.636. The molecule has 5 nitrogen and oxygen atoms in total. The topological polar surface area (TPSA) is 58.4 Å². The minimum Gasteiger partial charge on any atom is -0.396 e. The van der Waals surface area contributed by atoms with Crippen molar-refractivity contribution in [2.45, 2.75) is 13.3 Å². The van der Waals surface area contributed by atoms with Crippen molar-refractivity contribution in [2.24, 2.45) is 13.0 Å². The van der Waals surface area contributed by atoms with Crippen molar-refractivity contribution < 1.29 is 9.90 Å². The Kier molecular flexibility index (Phi) is 2.96. The highest BCUT2D eigenvalue weighted by Crippen LogP contribution is 2.18. The molecule has 1 N–H and O–H groups in total. The second kappa shape index (κ2) is 4.25. The number of likely N-dealkylation sites (tertiary alicyclic amines) is 1. The number of hydrogen-bond acceptors (Lipinski definition) is 3. The van der Waals surface area contributed by atoms with Crippen LogP contribution in [0, 0.1) is 12.8 Å². The maximum absolute atomic E-state index is 12.1. The standard InChI is InChI=1S/C11H17N3O2/c1-8-5-10(13(2)12-8)11(16)14-4-3-9(6-14)7-15/h5,9,15H,3-4,6-7H2,1-2H3. The van der Waals surface area contributed by atoms with Crippen molar-refractivity contribution in [1.82, 2.24) is 14.7 Å². The Morgan fingerprint density at radius 2 is 2.44 bits per heavy atom. The molecule has 0 bridgehead atoms. The fourth-order valence-electron chi connectivity index (χ4n) is 2.14. The summed E-state index contributed by atoms with van der Waals surface area (Å²) in [6.07, 6.45) is 0.888. The molecule has 1 amide bonds. The van der Waals surface area contributed by atoms with Crippen molar-refractivity contribution in [3.05, 3.63) is 17.5 Å². The van der Waals surface area contributed by atoms with E-state index in [2.05, 4.69) is 5.10 Å². The summed E-state index contributed by atoms with van der Waals surface area (Å²) in [6.45, 7) is 3.42. The summed E-state index contributed by atoms with van der Waals surface area (Å²) in [5.74, 6) is 0.248. The molecule has 5 heteroatoms. The van der Waals surface area contributed by atoms with Crippen molar-refractivity contribution in [3.8, 4) is 0 Å². The molecule has 0 aliphatic carbocycles. The summed E-state index contributed by atoms with van der Waals surface area (Å²) in [6, 6.07) is 1.80. The Hall–Kier alpha value is -1.36. The number of nitrogens with zero attached hydrogens (tertiary/aromatic N) is 3. The third kappa shape index (κ3) is 1.95. The van der Waals surface area contributed by atoms with Gasteiger partial charge in [0.05, 0.1) is 5.69 Å². The molecule has 2 heterocycles. The molecule has 1 fully saturated rings. The van der Waals surface area contributed by atoms with Crippen molar-refractivity contribution in [1.29, 1.82) is 0 Å². The van der Waals surface area contributed by atoms with Gasteiger partial charge in [0, 0.05) is 32.7 Å². The van der Waals surface area contributed by atoms with Gasteiger partial charge >= 0.3 is 0 Å². The number of rotatable bonds is 2. The zero-order valence-corrected chi connectivity index (χ0v) is 9.68. The molecule has 1 unspecified atom stereocenters. The molecule has 1 aliphatic heterocycles. The van der Waals surface area contributed by atoms with E-state index in [4.69, 9.17) is 5.11 Å². The van der Waals surface area contributed by atoms with Crippen LogP contribution in [0.25, 0.3) is 0 Å². The molecule has 88 valence electrons. The van der Waals surface area contributed by atoms with Gasteiger partial charge in [0.15, 0.2) is 0 Å². The molecule has 0 saturated carbocycles. The molecule has 2 rings (SSSR count). The fourth-order valence-corrected chi connectivity index (χ4v) is 2.14. The third-order valence-electron chi connectivity index (χ3n) is 3.05. The second-order valence-electron chi connectivity index (χ2n) is 4.38. The molecule has 1 aromatic rings. The molecule has 0 radical (unpaired) electrons. The summed E-state index contributed by atoms with van der Waals surface area (Å²) in [7, 11) is 1.78. The maximum atomic E-state index is 12.1. The van der Waals surface area contributed by atoms with E-state index < -0.39 is 0 Å². The number of aliphatic hydroxyl groups is 1. The van der Waals surface area contributed by atoms with Gasteiger partial charge in [0.1, 0.15) is 5.69 Å². The largest absolute Gasteiger partial charge is 0.396 e. The molecule has 0 spiro atoms. The summed E-state index contributed by atoms with van der Waals surface area (Å²) >= 11 is 0. The predicted molar refractivity (Wildman–Crippen MR) is 59.0 cm³/mol. The Morgan fingerprint density at radius 3 is 2.94 bits per heavy atom. The van der Waals surface area contributed by atoms with E-state index in [0.717, 1.165) is 18.7 Å². The van der Waals surface area contributed by atoms with Crippen LogP contribution in [0.3, 0.4) is 0 Å². The Morgan fingerprint density at radius 1 is 1.69 bits per heavy atom. The second-order valence-corrected chi connectivity index (χ2v) is 4.38. The number of carbonyl (C=O) groups is 1. The van der Waals surface area contributed by atoms with Gasteiger partial charge in [-0.2, -0.15) is 5.10 Å². The zero-order valence-electron chi connectivity index (χ0n) is 9.68. The van der Waals surface area contributed by atoms with Crippen molar-refractivity contribution in [2.75, 3.05) is 19.7 Å². The first kappa shape index (κ1) is 11.1. The van der Waals surface area contributed by atoms with Gasteiger partial charge < -0.3 is 10.0 Å². The number of aliphatic hydroxyl groups excluding tert-OH is 1. The quantitative estimate of drug-likeness (QED) is 0.778. The Bertz CT molecular complexity index is 400. The van der Waals surface area contributed by atoms with Gasteiger partial charge in [-0.15, -0.1) is 0 Å². The number of aryl methyl sites for hydroxylation is 2. The van der Waals surface area contributed by atoms with Gasteiger partial charge in [-0.1, -0.05) is 0 Å². The number of aromatic nitrogens is 2. The predicted octanol–water partition coefficient (Wildman–Crippen LogP) is 0.183. The molecule has 0 aromatic carbocycles. The molecule has 1 aromatic heterocycles. The van der Waals surface area contributed by atoms with Crippen LogP contribution >= 0.6 is 0 Å². The lowest BCUT2D eigenvalue weighted by atomic mass is 10.1. The van der Waals surface area contributed by atoms with Crippen LogP contribution in [-0.2, 0) is 7.05 Å². The van der Waals surface area contributed by atoms with Gasteiger partial charge in [-0.25, -0.2) is 0 Å². The number of hydrogen-bond donors (Lipinski definition) is 1. The van der Waals surface area contributed by atoms with E-state index in [1.165, 1.54) is 0 Å². The number of carbonyl (C=O) groups excluding carboxylic acids is 1. The van der Waals surface area contributed by atoms with Crippen LogP contribution < -0.4 is 0 Å². The average Bonchev–Trinajstić information content (AvgIpc) is 2.84. The monoisotopic (exact) mass is 223 g/mol. The first-order chi connectivity index (χ1) is 7.61.